The lowest BCUT2D eigenvalue weighted by Crippen LogP contribution is -2.60. The number of cyclic esters (lactones) is 1. The van der Waals surface area contributed by atoms with Crippen molar-refractivity contribution >= 4 is 23.9 Å². The third kappa shape index (κ3) is 25.8. The molecular weight excluding hydrogens is 975 g/mol. The Morgan fingerprint density at radius 3 is 2.15 bits per heavy atom. The van der Waals surface area contributed by atoms with Crippen LogP contribution in [0.3, 0.4) is 0 Å². The molecule has 2 bridgehead atoms. The quantitative estimate of drug-likeness (QED) is 0.0334. The number of aliphatic imine (C=N–C) groups is 1. The average Bonchev–Trinajstić information content (AvgIpc) is 3.33. The Balaban J connectivity index is 2.40. The van der Waals surface area contributed by atoms with E-state index >= 15 is 0 Å². The van der Waals surface area contributed by atoms with E-state index in [2.05, 4.69) is 22.5 Å². The van der Waals surface area contributed by atoms with Crippen LogP contribution in [-0.2, 0) is 28.6 Å². The highest BCUT2D eigenvalue weighted by Gasteiger charge is 2.50. The molecule has 1 fully saturated rings. The number of carboxylic acid groups (broad SMARTS) is 1. The number of nitrogens with zero attached hydrogens (tertiary/aromatic N) is 1. The molecule has 0 saturated carbocycles. The summed E-state index contributed by atoms with van der Waals surface area (Å²) in [7, 11) is 1.62. The molecule has 18 atom stereocenters. The molecular formula is C55H93N3O17. The molecule has 20 nitrogen and oxygen atoms in total. The van der Waals surface area contributed by atoms with Gasteiger partial charge in [0.15, 0.2) is 11.7 Å². The Morgan fingerprint density at radius 1 is 0.827 bits per heavy atom. The van der Waals surface area contributed by atoms with E-state index in [0.717, 1.165) is 32.1 Å². The van der Waals surface area contributed by atoms with Crippen LogP contribution in [0, 0.1) is 29.6 Å². The number of rotatable bonds is 12. The molecule has 0 aromatic carbocycles. The smallest absolute Gasteiger partial charge is 0.331 e. The number of aliphatic hydroxyl groups excluding tert-OH is 9. The Morgan fingerprint density at radius 2 is 1.48 bits per heavy atom. The molecule has 2 aliphatic rings. The summed E-state index contributed by atoms with van der Waals surface area (Å²) in [6, 6.07) is 0. The lowest BCUT2D eigenvalue weighted by atomic mass is 9.84. The van der Waals surface area contributed by atoms with Crippen molar-refractivity contribution in [3.05, 3.63) is 60.3 Å². The number of esters is 2. The fraction of sp³-hybridized carbons (Fsp3) is 0.745. The summed E-state index contributed by atoms with van der Waals surface area (Å²) in [6.45, 7) is 11.3. The summed E-state index contributed by atoms with van der Waals surface area (Å²) in [6.07, 6.45) is 2.20. The maximum absolute atomic E-state index is 13.3. The standard InChI is InChI=1S/C55H93N3O17/c1-33-17-13-14-21-50(69)74-52(36(4)18-12-10-8-9-11-15-24-58-54(56)57-7)37(5)20-16-19-34(2)44(62)27-40(60)25-39(59)26-41(73-51(70)31-49(67)68)28-42-29-47(65)53(71)55(72,75-42)32-48(66)35(3)22-23-43(61)38(6)46(64)30-45(33)63/h8-9,13-14,16-17,19-21,33,35-48,52-53,59-66,71-72H,10-12,15,18,22-32H2,1-7H3,(H,67,68)(H3,56,57,58)/b9-8+,17-13+,20-16+,21-14+,34-19+/t33-,35-,36-,37-,38+,39-,40-,41+,42-,43-,44+,45+,46+,47+,48+,52+,53+,55+/m0/s1. The third-order valence-corrected chi connectivity index (χ3v) is 14.5. The minimum atomic E-state index is -2.52. The number of aliphatic hydroxyl groups is 10. The Hall–Kier alpha value is -4.06. The Labute approximate surface area is 443 Å². The number of hydrogen-bond acceptors (Lipinski definition) is 17. The van der Waals surface area contributed by atoms with Crippen molar-refractivity contribution in [2.75, 3.05) is 13.6 Å². The second kappa shape index (κ2) is 34.7. The highest BCUT2D eigenvalue weighted by atomic mass is 16.7. The lowest BCUT2D eigenvalue weighted by Gasteiger charge is -2.45. The van der Waals surface area contributed by atoms with Gasteiger partial charge in [-0.3, -0.25) is 14.6 Å². The van der Waals surface area contributed by atoms with E-state index < -0.39 is 128 Å². The average molecular weight is 1070 g/mol. The molecule has 2 aliphatic heterocycles. The summed E-state index contributed by atoms with van der Waals surface area (Å²) in [4.78, 5) is 41.1. The van der Waals surface area contributed by atoms with Crippen LogP contribution in [0.1, 0.15) is 138 Å². The molecule has 1 saturated heterocycles. The van der Waals surface area contributed by atoms with Gasteiger partial charge in [-0.05, 0) is 75.7 Å². The molecule has 14 N–H and O–H groups in total. The maximum Gasteiger partial charge on any atom is 0.331 e. The normalized spacial score (nSPS) is 37.9. The highest BCUT2D eigenvalue weighted by Crippen LogP contribution is 2.36. The zero-order chi connectivity index (χ0) is 56.4. The summed E-state index contributed by atoms with van der Waals surface area (Å²) >= 11 is 0. The second-order valence-electron chi connectivity index (χ2n) is 21.1. The molecule has 0 aromatic heterocycles. The van der Waals surface area contributed by atoms with Crippen molar-refractivity contribution in [1.29, 1.82) is 0 Å². The van der Waals surface area contributed by atoms with Gasteiger partial charge in [0.2, 0.25) is 0 Å². The van der Waals surface area contributed by atoms with E-state index in [9.17, 15) is 70.6 Å². The van der Waals surface area contributed by atoms with Crippen LogP contribution in [0.2, 0.25) is 0 Å². The van der Waals surface area contributed by atoms with Crippen LogP contribution in [0.15, 0.2) is 65.2 Å². The maximum atomic E-state index is 13.3. The van der Waals surface area contributed by atoms with Gasteiger partial charge in [0.05, 0.1) is 54.9 Å². The van der Waals surface area contributed by atoms with Crippen molar-refractivity contribution in [1.82, 2.24) is 5.32 Å². The molecule has 2 rings (SSSR count). The van der Waals surface area contributed by atoms with E-state index in [-0.39, 0.29) is 63.2 Å². The van der Waals surface area contributed by atoms with E-state index in [4.69, 9.17) is 19.9 Å². The SMILES string of the molecule is CN=C(N)NCCC/C=C/CCC[C@H](C)[C@H]1OC(=O)/C=C/C=C/[C@H](C)[C@H](O)C[C@@H](O)[C@H](C)[C@@H](O)CC[C@H](C)[C@H](O)C[C@@]2(O)O[C@@H](C[C@H](OC(=O)CC(=O)O)C[C@@H](O)C[C@H](O)C[C@@H](O)/C(C)=C/C=C/[C@@H]1C)C[C@@H](O)[C@H]2O. The first-order valence-corrected chi connectivity index (χ1v) is 26.7. The van der Waals surface area contributed by atoms with Crippen molar-refractivity contribution < 1.29 is 84.8 Å². The van der Waals surface area contributed by atoms with Crippen molar-refractivity contribution in [2.45, 2.75) is 217 Å². The third-order valence-electron chi connectivity index (χ3n) is 14.5. The van der Waals surface area contributed by atoms with Gasteiger partial charge >= 0.3 is 17.9 Å². The predicted octanol–water partition coefficient (Wildman–Crippen LogP) is 2.98. The number of guanidine groups is 1. The molecule has 430 valence electrons. The number of nitrogens with two attached hydrogens (primary N) is 1. The number of hydrogen-bond donors (Lipinski definition) is 13. The molecule has 0 spiro atoms. The number of carboxylic acids is 1. The minimum absolute atomic E-state index is 0.0591. The molecule has 0 amide bonds. The molecule has 20 heteroatoms. The van der Waals surface area contributed by atoms with Gasteiger partial charge in [0.1, 0.15) is 24.7 Å². The summed E-state index contributed by atoms with van der Waals surface area (Å²) < 4.78 is 17.3. The fourth-order valence-corrected chi connectivity index (χ4v) is 9.32. The number of aliphatic carboxylic acids is 1. The summed E-state index contributed by atoms with van der Waals surface area (Å²) in [5, 5.41) is 123. The van der Waals surface area contributed by atoms with Gasteiger partial charge in [-0.1, -0.05) is 83.2 Å². The van der Waals surface area contributed by atoms with Crippen LogP contribution >= 0.6 is 0 Å². The molecule has 75 heavy (non-hydrogen) atoms. The number of ether oxygens (including phenoxy) is 3. The van der Waals surface area contributed by atoms with Crippen LogP contribution in [0.4, 0.5) is 0 Å². The number of fused-ring (bicyclic) bond motifs is 2. The first kappa shape index (κ1) is 67.1. The number of unbranched alkanes of at least 4 members (excludes halogenated alkanes) is 2. The number of carbonyl (C=O) groups excluding carboxylic acids is 2. The molecule has 2 heterocycles. The van der Waals surface area contributed by atoms with Gasteiger partial charge in [-0.25, -0.2) is 4.79 Å². The van der Waals surface area contributed by atoms with E-state index in [0.29, 0.717) is 18.1 Å². The van der Waals surface area contributed by atoms with E-state index in [1.807, 2.05) is 19.9 Å². The van der Waals surface area contributed by atoms with Crippen LogP contribution < -0.4 is 11.1 Å². The second-order valence-corrected chi connectivity index (χ2v) is 21.1. The Bertz CT molecular complexity index is 1880. The molecule has 0 aliphatic carbocycles. The van der Waals surface area contributed by atoms with E-state index in [1.165, 1.54) is 12.2 Å². The van der Waals surface area contributed by atoms with Gasteiger partial charge in [-0.2, -0.15) is 0 Å². The largest absolute Gasteiger partial charge is 0.481 e. The zero-order valence-corrected chi connectivity index (χ0v) is 45.2. The zero-order valence-electron chi connectivity index (χ0n) is 45.2. The monoisotopic (exact) mass is 1070 g/mol. The van der Waals surface area contributed by atoms with Gasteiger partial charge < -0.3 is 81.4 Å². The Kier molecular flexibility index (Phi) is 31.0. The summed E-state index contributed by atoms with van der Waals surface area (Å²) in [5.41, 5.74) is 6.16. The summed E-state index contributed by atoms with van der Waals surface area (Å²) in [5.74, 6) is -7.44. The van der Waals surface area contributed by atoms with Gasteiger partial charge in [-0.15, -0.1) is 0 Å². The minimum Gasteiger partial charge on any atom is -0.481 e. The first-order chi connectivity index (χ1) is 35.3. The van der Waals surface area contributed by atoms with Crippen LogP contribution in [0.5, 0.6) is 0 Å². The van der Waals surface area contributed by atoms with Crippen molar-refractivity contribution in [3.63, 3.8) is 0 Å². The van der Waals surface area contributed by atoms with E-state index in [1.54, 1.807) is 59.0 Å². The molecule has 0 radical (unpaired) electrons. The fourth-order valence-electron chi connectivity index (χ4n) is 9.32. The number of carbonyl (C=O) groups is 3. The van der Waals surface area contributed by atoms with Crippen molar-refractivity contribution in [2.24, 2.45) is 40.3 Å². The van der Waals surface area contributed by atoms with Crippen LogP contribution in [0.25, 0.3) is 0 Å². The highest BCUT2D eigenvalue weighted by molar-refractivity contribution is 5.90. The van der Waals surface area contributed by atoms with Gasteiger partial charge in [0, 0.05) is 75.9 Å². The topological polar surface area (TPSA) is 352 Å². The van der Waals surface area contributed by atoms with Crippen LogP contribution in [-0.4, -0.2) is 173 Å². The molecule has 0 unspecified atom stereocenters. The number of allylic oxidation sites excluding steroid dienone is 6. The predicted molar refractivity (Wildman–Crippen MR) is 282 cm³/mol. The lowest BCUT2D eigenvalue weighted by molar-refractivity contribution is -0.333. The number of nitrogens with one attached hydrogen (secondary N) is 1. The first-order valence-electron chi connectivity index (χ1n) is 26.7. The van der Waals surface area contributed by atoms with Gasteiger partial charge in [0.25, 0.3) is 0 Å². The van der Waals surface area contributed by atoms with Crippen molar-refractivity contribution in [3.8, 4) is 0 Å². The molecule has 0 aromatic rings.